The van der Waals surface area contributed by atoms with E-state index < -0.39 is 12.0 Å². The number of primary amides is 1. The number of nitrogens with two attached hydrogens (primary N) is 1. The van der Waals surface area contributed by atoms with Crippen LogP contribution in [0.4, 0.5) is 0 Å². The van der Waals surface area contributed by atoms with Gasteiger partial charge in [0.2, 0.25) is 5.91 Å². The summed E-state index contributed by atoms with van der Waals surface area (Å²) in [5, 5.41) is 12.2. The van der Waals surface area contributed by atoms with Crippen LogP contribution in [-0.4, -0.2) is 29.6 Å². The maximum Gasteiger partial charge on any atom is 0.251 e. The maximum absolute atomic E-state index is 11.6. The van der Waals surface area contributed by atoms with Crippen molar-refractivity contribution in [2.45, 2.75) is 11.4 Å². The van der Waals surface area contributed by atoms with Crippen LogP contribution in [0, 0.1) is 0 Å². The van der Waals surface area contributed by atoms with Crippen molar-refractivity contribution in [2.24, 2.45) is 5.73 Å². The van der Waals surface area contributed by atoms with Crippen LogP contribution in [0.2, 0.25) is 0 Å². The van der Waals surface area contributed by atoms with Crippen molar-refractivity contribution in [3.05, 3.63) is 35.4 Å². The van der Waals surface area contributed by atoms with Crippen molar-refractivity contribution in [1.82, 2.24) is 5.32 Å². The first-order chi connectivity index (χ1) is 8.04. The van der Waals surface area contributed by atoms with Crippen LogP contribution in [0.1, 0.15) is 15.9 Å². The molecule has 1 aromatic carbocycles. The smallest absolute Gasteiger partial charge is 0.251 e. The zero-order valence-corrected chi connectivity index (χ0v) is 10.6. The normalized spacial score (nSPS) is 11.9. The van der Waals surface area contributed by atoms with E-state index in [4.69, 9.17) is 10.8 Å². The highest BCUT2D eigenvalue weighted by Crippen LogP contribution is 2.07. The molecule has 2 amide bonds. The van der Waals surface area contributed by atoms with Gasteiger partial charge >= 0.3 is 0 Å². The molecule has 1 aromatic rings. The number of amides is 2. The molecule has 6 heteroatoms. The predicted molar refractivity (Wildman–Crippen MR) is 66.6 cm³/mol. The van der Waals surface area contributed by atoms with E-state index >= 15 is 0 Å². The highest BCUT2D eigenvalue weighted by molar-refractivity contribution is 9.08. The Kier molecular flexibility index (Phi) is 5.11. The minimum Gasteiger partial charge on any atom is -0.381 e. The lowest BCUT2D eigenvalue weighted by atomic mass is 10.1. The summed E-state index contributed by atoms with van der Waals surface area (Å²) in [6.07, 6.45) is -1.36. The fraction of sp³-hybridized carbons (Fsp3) is 0.273. The lowest BCUT2D eigenvalue weighted by Gasteiger charge is -2.08. The molecule has 0 bridgehead atoms. The van der Waals surface area contributed by atoms with Gasteiger partial charge in [0.1, 0.15) is 6.10 Å². The van der Waals surface area contributed by atoms with E-state index in [1.807, 2.05) is 12.1 Å². The van der Waals surface area contributed by atoms with Gasteiger partial charge in [0.25, 0.3) is 5.91 Å². The van der Waals surface area contributed by atoms with Crippen molar-refractivity contribution >= 4 is 27.7 Å². The molecule has 0 aromatic heterocycles. The van der Waals surface area contributed by atoms with Crippen LogP contribution < -0.4 is 11.1 Å². The van der Waals surface area contributed by atoms with Gasteiger partial charge in [-0.2, -0.15) is 0 Å². The first-order valence-electron chi connectivity index (χ1n) is 4.95. The Morgan fingerprint density at radius 3 is 2.41 bits per heavy atom. The number of carbonyl (C=O) groups excluding carboxylic acids is 2. The fourth-order valence-electron chi connectivity index (χ4n) is 1.14. The van der Waals surface area contributed by atoms with E-state index in [0.29, 0.717) is 5.56 Å². The third-order valence-electron chi connectivity index (χ3n) is 2.15. The molecule has 92 valence electrons. The van der Waals surface area contributed by atoms with Gasteiger partial charge in [0.05, 0.1) is 6.54 Å². The van der Waals surface area contributed by atoms with E-state index in [2.05, 4.69) is 21.2 Å². The Hall–Kier alpha value is -1.40. The summed E-state index contributed by atoms with van der Waals surface area (Å²) in [7, 11) is 0. The molecule has 0 heterocycles. The van der Waals surface area contributed by atoms with Crippen LogP contribution >= 0.6 is 15.9 Å². The number of rotatable bonds is 5. The molecule has 1 atom stereocenters. The van der Waals surface area contributed by atoms with Gasteiger partial charge in [-0.1, -0.05) is 28.1 Å². The average molecular weight is 301 g/mol. The second-order valence-electron chi connectivity index (χ2n) is 3.46. The first-order valence-corrected chi connectivity index (χ1v) is 6.07. The number of alkyl halides is 1. The van der Waals surface area contributed by atoms with Crippen molar-refractivity contribution in [3.63, 3.8) is 0 Å². The Balaban J connectivity index is 2.55. The summed E-state index contributed by atoms with van der Waals surface area (Å²) in [5.41, 5.74) is 6.37. The number of carbonyl (C=O) groups is 2. The maximum atomic E-state index is 11.6. The number of hydrogen-bond acceptors (Lipinski definition) is 3. The minimum absolute atomic E-state index is 0.186. The van der Waals surface area contributed by atoms with Gasteiger partial charge in [-0.15, -0.1) is 0 Å². The van der Waals surface area contributed by atoms with Gasteiger partial charge < -0.3 is 16.2 Å². The molecule has 0 saturated heterocycles. The van der Waals surface area contributed by atoms with Crippen molar-refractivity contribution in [2.75, 3.05) is 6.54 Å². The monoisotopic (exact) mass is 300 g/mol. The van der Waals surface area contributed by atoms with Crippen molar-refractivity contribution in [1.29, 1.82) is 0 Å². The van der Waals surface area contributed by atoms with E-state index in [1.54, 1.807) is 12.1 Å². The summed E-state index contributed by atoms with van der Waals surface area (Å²) in [4.78, 5) is 22.1. The van der Waals surface area contributed by atoms with Gasteiger partial charge in [-0.25, -0.2) is 0 Å². The zero-order chi connectivity index (χ0) is 12.8. The van der Waals surface area contributed by atoms with E-state index in [9.17, 15) is 9.59 Å². The fourth-order valence-corrected chi connectivity index (χ4v) is 1.51. The molecule has 5 nitrogen and oxygen atoms in total. The largest absolute Gasteiger partial charge is 0.381 e. The number of aliphatic hydroxyl groups is 1. The Labute approximate surface area is 107 Å². The van der Waals surface area contributed by atoms with Gasteiger partial charge in [0.15, 0.2) is 0 Å². The summed E-state index contributed by atoms with van der Waals surface area (Å²) < 4.78 is 0. The minimum atomic E-state index is -1.36. The molecule has 0 aliphatic rings. The molecule has 17 heavy (non-hydrogen) atoms. The molecule has 0 aliphatic carbocycles. The quantitative estimate of drug-likeness (QED) is 0.676. The van der Waals surface area contributed by atoms with Gasteiger partial charge in [-0.05, 0) is 17.7 Å². The predicted octanol–water partition coefficient (Wildman–Crippen LogP) is 0.157. The molecule has 0 spiro atoms. The molecule has 0 fully saturated rings. The summed E-state index contributed by atoms with van der Waals surface area (Å²) in [5.74, 6) is -1.22. The number of nitrogens with one attached hydrogen (secondary N) is 1. The third kappa shape index (κ3) is 4.16. The van der Waals surface area contributed by atoms with Crippen LogP contribution in [0.25, 0.3) is 0 Å². The van der Waals surface area contributed by atoms with Gasteiger partial charge in [-0.3, -0.25) is 9.59 Å². The van der Waals surface area contributed by atoms with Crippen LogP contribution in [0.15, 0.2) is 24.3 Å². The summed E-state index contributed by atoms with van der Waals surface area (Å²) >= 11 is 3.30. The Morgan fingerprint density at radius 2 is 1.94 bits per heavy atom. The SMILES string of the molecule is NC(=O)C(O)CNC(=O)c1ccc(CBr)cc1. The third-order valence-corrected chi connectivity index (χ3v) is 2.80. The number of halogens is 1. The summed E-state index contributed by atoms with van der Waals surface area (Å²) in [6.45, 7) is -0.186. The topological polar surface area (TPSA) is 92.4 Å². The molecule has 0 aliphatic heterocycles. The van der Waals surface area contributed by atoms with Crippen molar-refractivity contribution in [3.8, 4) is 0 Å². The molecular weight excluding hydrogens is 288 g/mol. The summed E-state index contributed by atoms with van der Waals surface area (Å²) in [6, 6.07) is 6.97. The Bertz CT molecular complexity index is 406. The molecule has 0 radical (unpaired) electrons. The van der Waals surface area contributed by atoms with E-state index in [1.165, 1.54) is 0 Å². The van der Waals surface area contributed by atoms with Crippen LogP contribution in [-0.2, 0) is 10.1 Å². The van der Waals surface area contributed by atoms with Crippen LogP contribution in [0.5, 0.6) is 0 Å². The van der Waals surface area contributed by atoms with E-state index in [0.717, 1.165) is 10.9 Å². The van der Waals surface area contributed by atoms with Crippen LogP contribution in [0.3, 0.4) is 0 Å². The molecule has 1 rings (SSSR count). The zero-order valence-electron chi connectivity index (χ0n) is 9.02. The highest BCUT2D eigenvalue weighted by Gasteiger charge is 2.12. The molecule has 4 N–H and O–H groups in total. The lowest BCUT2D eigenvalue weighted by Crippen LogP contribution is -2.39. The lowest BCUT2D eigenvalue weighted by molar-refractivity contribution is -0.125. The average Bonchev–Trinajstić information content (AvgIpc) is 2.35. The number of aliphatic hydroxyl groups excluding tert-OH is 1. The standard InChI is InChI=1S/C11H13BrN2O3/c12-5-7-1-3-8(4-2-7)11(17)14-6-9(15)10(13)16/h1-4,9,15H,5-6H2,(H2,13,16)(H,14,17). The molecule has 1 unspecified atom stereocenters. The Morgan fingerprint density at radius 1 is 1.35 bits per heavy atom. The van der Waals surface area contributed by atoms with Crippen molar-refractivity contribution < 1.29 is 14.7 Å². The van der Waals surface area contributed by atoms with E-state index in [-0.39, 0.29) is 12.5 Å². The second-order valence-corrected chi connectivity index (χ2v) is 4.02. The molecule has 0 saturated carbocycles. The number of benzene rings is 1. The number of hydrogen-bond donors (Lipinski definition) is 3. The molecular formula is C11H13BrN2O3. The second kappa shape index (κ2) is 6.36. The highest BCUT2D eigenvalue weighted by atomic mass is 79.9. The van der Waals surface area contributed by atoms with Gasteiger partial charge in [0, 0.05) is 10.9 Å². The first kappa shape index (κ1) is 13.7.